The van der Waals surface area contributed by atoms with E-state index in [4.69, 9.17) is 0 Å². The van der Waals surface area contributed by atoms with Crippen molar-refractivity contribution in [3.63, 3.8) is 0 Å². The molecule has 4 heterocycles. The van der Waals surface area contributed by atoms with Crippen LogP contribution >= 0.6 is 0 Å². The molecule has 1 unspecified atom stereocenters. The minimum absolute atomic E-state index is 0.405. The molecule has 5 nitrogen and oxygen atoms in total. The lowest BCUT2D eigenvalue weighted by molar-refractivity contribution is 0.652. The van der Waals surface area contributed by atoms with Crippen LogP contribution in [0.2, 0.25) is 0 Å². The molecular formula is C22H21N5. The van der Waals surface area contributed by atoms with E-state index in [1.54, 1.807) is 6.33 Å². The van der Waals surface area contributed by atoms with Gasteiger partial charge < -0.3 is 10.3 Å². The van der Waals surface area contributed by atoms with Gasteiger partial charge in [-0.25, -0.2) is 4.98 Å². The Kier molecular flexibility index (Phi) is 3.94. The van der Waals surface area contributed by atoms with Crippen LogP contribution in [-0.2, 0) is 0 Å². The largest absolute Gasteiger partial charge is 0.343 e. The van der Waals surface area contributed by atoms with E-state index in [1.165, 1.54) is 23.8 Å². The molecule has 1 fully saturated rings. The Labute approximate surface area is 157 Å². The first-order chi connectivity index (χ1) is 13.3. The minimum atomic E-state index is 0.405. The molecule has 1 aliphatic heterocycles. The second-order valence-electron chi connectivity index (χ2n) is 7.07. The van der Waals surface area contributed by atoms with Crippen molar-refractivity contribution in [1.29, 1.82) is 0 Å². The smallest absolute Gasteiger partial charge is 0.0977 e. The first-order valence-corrected chi connectivity index (χ1v) is 9.39. The molecule has 5 rings (SSSR count). The molecule has 0 amide bonds. The maximum atomic E-state index is 4.65. The number of hydrogen-bond donors (Lipinski definition) is 2. The van der Waals surface area contributed by atoms with Gasteiger partial charge in [-0.2, -0.15) is 0 Å². The van der Waals surface area contributed by atoms with Crippen molar-refractivity contribution >= 4 is 10.9 Å². The average molecular weight is 355 g/mol. The van der Waals surface area contributed by atoms with Gasteiger partial charge in [-0.05, 0) is 62.2 Å². The number of H-pyrrole nitrogens is 1. The van der Waals surface area contributed by atoms with E-state index in [0.717, 1.165) is 40.4 Å². The van der Waals surface area contributed by atoms with E-state index >= 15 is 0 Å². The molecule has 0 saturated carbocycles. The van der Waals surface area contributed by atoms with E-state index in [2.05, 4.69) is 49.5 Å². The molecule has 1 aromatic carbocycles. The number of benzene rings is 1. The Morgan fingerprint density at radius 2 is 2.04 bits per heavy atom. The maximum Gasteiger partial charge on any atom is 0.0977 e. The van der Waals surface area contributed by atoms with Gasteiger partial charge in [0.2, 0.25) is 0 Å². The second kappa shape index (κ2) is 6.59. The quantitative estimate of drug-likeness (QED) is 0.571. The van der Waals surface area contributed by atoms with Gasteiger partial charge in [-0.3, -0.25) is 9.97 Å². The highest BCUT2D eigenvalue weighted by Crippen LogP contribution is 2.33. The van der Waals surface area contributed by atoms with Crippen LogP contribution in [0.5, 0.6) is 0 Å². The van der Waals surface area contributed by atoms with Crippen molar-refractivity contribution in [1.82, 2.24) is 25.3 Å². The van der Waals surface area contributed by atoms with E-state index in [0.29, 0.717) is 6.04 Å². The molecule has 1 saturated heterocycles. The fraction of sp³-hybridized carbons (Fsp3) is 0.227. The maximum absolute atomic E-state index is 4.65. The van der Waals surface area contributed by atoms with E-state index in [-0.39, 0.29) is 0 Å². The molecular weight excluding hydrogens is 334 g/mol. The van der Waals surface area contributed by atoms with E-state index in [1.807, 2.05) is 31.3 Å². The molecule has 4 aromatic rings. The Morgan fingerprint density at radius 1 is 1.07 bits per heavy atom. The molecule has 0 spiro atoms. The summed E-state index contributed by atoms with van der Waals surface area (Å²) in [4.78, 5) is 17.1. The zero-order chi connectivity index (χ0) is 18.2. The number of aromatic nitrogens is 4. The van der Waals surface area contributed by atoms with Gasteiger partial charge >= 0.3 is 0 Å². The molecule has 134 valence electrons. The lowest BCUT2D eigenvalue weighted by Gasteiger charge is -2.14. The third kappa shape index (κ3) is 2.90. The summed E-state index contributed by atoms with van der Waals surface area (Å²) in [5.74, 6) is 0. The Balaban J connectivity index is 1.64. The summed E-state index contributed by atoms with van der Waals surface area (Å²) in [5.41, 5.74) is 7.19. The summed E-state index contributed by atoms with van der Waals surface area (Å²) in [6.45, 7) is 3.08. The Bertz CT molecular complexity index is 1110. The van der Waals surface area contributed by atoms with Crippen molar-refractivity contribution in [3.05, 3.63) is 66.2 Å². The fourth-order valence-corrected chi connectivity index (χ4v) is 3.96. The van der Waals surface area contributed by atoms with Crippen molar-refractivity contribution in [3.8, 4) is 22.6 Å². The molecule has 1 atom stereocenters. The molecule has 27 heavy (non-hydrogen) atoms. The topological polar surface area (TPSA) is 66.5 Å². The molecule has 0 radical (unpaired) electrons. The lowest BCUT2D eigenvalue weighted by Crippen LogP contribution is -2.13. The number of hydrogen-bond acceptors (Lipinski definition) is 4. The zero-order valence-electron chi connectivity index (χ0n) is 15.2. The predicted molar refractivity (Wildman–Crippen MR) is 107 cm³/mol. The zero-order valence-corrected chi connectivity index (χ0v) is 15.2. The molecule has 1 aliphatic rings. The van der Waals surface area contributed by atoms with Crippen LogP contribution in [0.15, 0.2) is 55.0 Å². The van der Waals surface area contributed by atoms with Gasteiger partial charge in [0.1, 0.15) is 0 Å². The third-order valence-corrected chi connectivity index (χ3v) is 5.27. The SMILES string of the molecule is Cc1cccc(-c2[nH]cnc2-c2ccc3nccc(C4CCCN4)c3c2)n1. The minimum Gasteiger partial charge on any atom is -0.343 e. The van der Waals surface area contributed by atoms with Gasteiger partial charge in [0.05, 0.1) is 28.9 Å². The summed E-state index contributed by atoms with van der Waals surface area (Å²) in [5, 5.41) is 4.80. The number of aryl methyl sites for hydroxylation is 1. The van der Waals surface area contributed by atoms with Crippen molar-refractivity contribution in [2.24, 2.45) is 0 Å². The monoisotopic (exact) mass is 355 g/mol. The number of nitrogens with zero attached hydrogens (tertiary/aromatic N) is 3. The van der Waals surface area contributed by atoms with Crippen molar-refractivity contribution in [2.75, 3.05) is 6.54 Å². The summed E-state index contributed by atoms with van der Waals surface area (Å²) >= 11 is 0. The van der Waals surface area contributed by atoms with Crippen LogP contribution in [0.1, 0.15) is 30.1 Å². The van der Waals surface area contributed by atoms with Gasteiger partial charge in [0.15, 0.2) is 0 Å². The molecule has 0 aliphatic carbocycles. The highest BCUT2D eigenvalue weighted by atomic mass is 14.9. The average Bonchev–Trinajstić information content (AvgIpc) is 3.39. The number of aromatic amines is 1. The summed E-state index contributed by atoms with van der Waals surface area (Å²) < 4.78 is 0. The lowest BCUT2D eigenvalue weighted by atomic mass is 9.98. The number of nitrogens with one attached hydrogen (secondary N) is 2. The fourth-order valence-electron chi connectivity index (χ4n) is 3.96. The van der Waals surface area contributed by atoms with Crippen molar-refractivity contribution < 1.29 is 0 Å². The molecule has 5 heteroatoms. The highest BCUT2D eigenvalue weighted by Gasteiger charge is 2.19. The Hall–Kier alpha value is -3.05. The third-order valence-electron chi connectivity index (χ3n) is 5.27. The first-order valence-electron chi connectivity index (χ1n) is 9.39. The van der Waals surface area contributed by atoms with Crippen molar-refractivity contribution in [2.45, 2.75) is 25.8 Å². The van der Waals surface area contributed by atoms with E-state index < -0.39 is 0 Å². The summed E-state index contributed by atoms with van der Waals surface area (Å²) in [6, 6.07) is 15.0. The van der Waals surface area contributed by atoms with Gasteiger partial charge in [-0.15, -0.1) is 0 Å². The summed E-state index contributed by atoms with van der Waals surface area (Å²) in [7, 11) is 0. The van der Waals surface area contributed by atoms with Gasteiger partial charge in [0.25, 0.3) is 0 Å². The van der Waals surface area contributed by atoms with E-state index in [9.17, 15) is 0 Å². The standard InChI is InChI=1S/C22H21N5/c1-14-4-2-5-20(27-14)22-21(25-13-26-22)15-7-8-19-17(12-15)16(9-11-24-19)18-6-3-10-23-18/h2,4-5,7-9,11-13,18,23H,3,6,10H2,1H3,(H,25,26). The van der Waals surface area contributed by atoms with Gasteiger partial charge in [0, 0.05) is 28.9 Å². The molecule has 0 bridgehead atoms. The number of rotatable bonds is 3. The molecule has 3 aromatic heterocycles. The van der Waals surface area contributed by atoms with Crippen LogP contribution in [0.4, 0.5) is 0 Å². The first kappa shape index (κ1) is 16.1. The normalized spacial score (nSPS) is 16.9. The number of fused-ring (bicyclic) bond motifs is 1. The Morgan fingerprint density at radius 3 is 2.89 bits per heavy atom. The highest BCUT2D eigenvalue weighted by molar-refractivity contribution is 5.89. The molecule has 2 N–H and O–H groups in total. The second-order valence-corrected chi connectivity index (χ2v) is 7.07. The summed E-state index contributed by atoms with van der Waals surface area (Å²) in [6.07, 6.45) is 6.04. The number of pyridine rings is 2. The van der Waals surface area contributed by atoms with Crippen LogP contribution in [0.25, 0.3) is 33.5 Å². The van der Waals surface area contributed by atoms with Crippen LogP contribution in [0, 0.1) is 6.92 Å². The predicted octanol–water partition coefficient (Wildman–Crippen LogP) is 4.42. The van der Waals surface area contributed by atoms with Crippen LogP contribution < -0.4 is 5.32 Å². The van der Waals surface area contributed by atoms with Crippen LogP contribution in [-0.4, -0.2) is 26.5 Å². The van der Waals surface area contributed by atoms with Gasteiger partial charge in [-0.1, -0.05) is 12.1 Å². The number of imidazole rings is 1. The van der Waals surface area contributed by atoms with Crippen LogP contribution in [0.3, 0.4) is 0 Å².